The second-order valence-corrected chi connectivity index (χ2v) is 11.5. The van der Waals surface area contributed by atoms with Crippen LogP contribution < -0.4 is 10.6 Å². The molecule has 1 aliphatic carbocycles. The van der Waals surface area contributed by atoms with Crippen molar-refractivity contribution in [2.75, 3.05) is 13.1 Å². The average Bonchev–Trinajstić information content (AvgIpc) is 3.14. The van der Waals surface area contributed by atoms with Crippen molar-refractivity contribution in [1.29, 1.82) is 0 Å². The van der Waals surface area contributed by atoms with Crippen molar-refractivity contribution < 1.29 is 18.0 Å². The molecule has 3 aliphatic rings. The topological polar surface area (TPSA) is 108 Å². The Morgan fingerprint density at radius 3 is 2.44 bits per heavy atom. The van der Waals surface area contributed by atoms with Crippen molar-refractivity contribution in [2.24, 2.45) is 10.9 Å². The van der Waals surface area contributed by atoms with E-state index in [0.717, 1.165) is 29.8 Å². The molecule has 1 aromatic carbocycles. The van der Waals surface area contributed by atoms with Gasteiger partial charge in [-0.05, 0) is 49.8 Å². The van der Waals surface area contributed by atoms with E-state index < -0.39 is 15.6 Å². The number of amides is 2. The lowest BCUT2D eigenvalue weighted by molar-refractivity contribution is -0.125. The maximum atomic E-state index is 12.9. The largest absolute Gasteiger partial charge is 0.350 e. The quantitative estimate of drug-likeness (QED) is 0.644. The number of sulfonamides is 1. The summed E-state index contributed by atoms with van der Waals surface area (Å²) >= 11 is 0. The molecule has 2 fully saturated rings. The molecule has 1 aromatic rings. The molecule has 8 nitrogen and oxygen atoms in total. The minimum atomic E-state index is -3.61. The predicted molar refractivity (Wildman–Crippen MR) is 132 cm³/mol. The highest BCUT2D eigenvalue weighted by atomic mass is 32.2. The van der Waals surface area contributed by atoms with Gasteiger partial charge >= 0.3 is 0 Å². The van der Waals surface area contributed by atoms with Crippen LogP contribution in [-0.4, -0.2) is 49.0 Å². The summed E-state index contributed by atoms with van der Waals surface area (Å²) in [6.45, 7) is 3.91. The molecule has 184 valence electrons. The Balaban J connectivity index is 1.37. The van der Waals surface area contributed by atoms with E-state index in [1.54, 1.807) is 6.08 Å². The number of rotatable bonds is 6. The van der Waals surface area contributed by atoms with E-state index in [-0.39, 0.29) is 30.9 Å². The van der Waals surface area contributed by atoms with E-state index in [2.05, 4.69) is 10.6 Å². The SMILES string of the molecule is CC(=O)NC(C)c1ccc(C=CS(=O)(=O)N2CCC3(CC2)N=C(C2CCCCC2)NC3=O)cc1. The lowest BCUT2D eigenvalue weighted by Crippen LogP contribution is -2.50. The lowest BCUT2D eigenvalue weighted by Gasteiger charge is -2.34. The molecule has 2 aliphatic heterocycles. The first-order valence-electron chi connectivity index (χ1n) is 12.1. The fourth-order valence-corrected chi connectivity index (χ4v) is 6.29. The Hall–Kier alpha value is -2.52. The smallest absolute Gasteiger partial charge is 0.253 e. The zero-order valence-corrected chi connectivity index (χ0v) is 20.7. The summed E-state index contributed by atoms with van der Waals surface area (Å²) in [5.41, 5.74) is 0.885. The maximum Gasteiger partial charge on any atom is 0.253 e. The van der Waals surface area contributed by atoms with E-state index in [9.17, 15) is 18.0 Å². The first kappa shape index (κ1) is 24.6. The summed E-state index contributed by atoms with van der Waals surface area (Å²) in [6, 6.07) is 7.29. The van der Waals surface area contributed by atoms with Gasteiger partial charge in [0.25, 0.3) is 5.91 Å². The maximum absolute atomic E-state index is 12.9. The van der Waals surface area contributed by atoms with Gasteiger partial charge < -0.3 is 10.6 Å². The van der Waals surface area contributed by atoms with Crippen LogP contribution in [0.3, 0.4) is 0 Å². The van der Waals surface area contributed by atoms with Crippen LogP contribution in [0.5, 0.6) is 0 Å². The molecule has 1 spiro atoms. The Morgan fingerprint density at radius 2 is 1.82 bits per heavy atom. The van der Waals surface area contributed by atoms with E-state index in [4.69, 9.17) is 4.99 Å². The Labute approximate surface area is 201 Å². The van der Waals surface area contributed by atoms with Gasteiger partial charge in [-0.3, -0.25) is 14.6 Å². The molecule has 2 amide bonds. The summed E-state index contributed by atoms with van der Waals surface area (Å²) < 4.78 is 27.2. The number of hydrogen-bond donors (Lipinski definition) is 2. The number of nitrogens with one attached hydrogen (secondary N) is 2. The van der Waals surface area contributed by atoms with Gasteiger partial charge in [0, 0.05) is 31.3 Å². The van der Waals surface area contributed by atoms with Crippen molar-refractivity contribution in [1.82, 2.24) is 14.9 Å². The summed E-state index contributed by atoms with van der Waals surface area (Å²) in [6.07, 6.45) is 8.08. The molecule has 0 radical (unpaired) electrons. The first-order valence-corrected chi connectivity index (χ1v) is 13.7. The number of benzene rings is 1. The molecule has 4 rings (SSSR count). The van der Waals surface area contributed by atoms with Crippen LogP contribution >= 0.6 is 0 Å². The second-order valence-electron chi connectivity index (χ2n) is 9.65. The molecule has 2 N–H and O–H groups in total. The number of carbonyl (C=O) groups excluding carboxylic acids is 2. The molecule has 2 heterocycles. The highest BCUT2D eigenvalue weighted by Crippen LogP contribution is 2.35. The molecule has 1 atom stereocenters. The van der Waals surface area contributed by atoms with Gasteiger partial charge in [0.2, 0.25) is 15.9 Å². The normalized spacial score (nSPS) is 22.5. The van der Waals surface area contributed by atoms with E-state index in [0.29, 0.717) is 18.8 Å². The third-order valence-electron chi connectivity index (χ3n) is 7.19. The monoisotopic (exact) mass is 486 g/mol. The summed E-state index contributed by atoms with van der Waals surface area (Å²) in [5, 5.41) is 7.06. The van der Waals surface area contributed by atoms with Crippen LogP contribution in [0, 0.1) is 5.92 Å². The molecule has 34 heavy (non-hydrogen) atoms. The fraction of sp³-hybridized carbons (Fsp3) is 0.560. The third-order valence-corrected chi connectivity index (χ3v) is 8.75. The second kappa shape index (κ2) is 10.00. The number of aliphatic imine (C=N–C) groups is 1. The highest BCUT2D eigenvalue weighted by molar-refractivity contribution is 7.92. The Morgan fingerprint density at radius 1 is 1.18 bits per heavy atom. The minimum absolute atomic E-state index is 0.0748. The molecule has 0 bridgehead atoms. The van der Waals surface area contributed by atoms with Gasteiger partial charge in [-0.15, -0.1) is 0 Å². The van der Waals surface area contributed by atoms with Crippen LogP contribution in [0.25, 0.3) is 6.08 Å². The van der Waals surface area contributed by atoms with Gasteiger partial charge in [-0.2, -0.15) is 4.31 Å². The molecule has 1 saturated carbocycles. The number of nitrogens with zero attached hydrogens (tertiary/aromatic N) is 2. The molecule has 0 aromatic heterocycles. The lowest BCUT2D eigenvalue weighted by atomic mass is 9.88. The first-order chi connectivity index (χ1) is 16.2. The van der Waals surface area contributed by atoms with Gasteiger partial charge in [0.15, 0.2) is 0 Å². The molecule has 1 unspecified atom stereocenters. The van der Waals surface area contributed by atoms with Gasteiger partial charge in [0.05, 0.1) is 6.04 Å². The molecular weight excluding hydrogens is 452 g/mol. The van der Waals surface area contributed by atoms with Gasteiger partial charge in [-0.1, -0.05) is 43.5 Å². The predicted octanol–water partition coefficient (Wildman–Crippen LogP) is 3.13. The summed E-state index contributed by atoms with van der Waals surface area (Å²) in [7, 11) is -3.61. The van der Waals surface area contributed by atoms with Crippen molar-refractivity contribution in [3.05, 3.63) is 40.8 Å². The zero-order chi connectivity index (χ0) is 24.3. The van der Waals surface area contributed by atoms with Crippen molar-refractivity contribution in [2.45, 2.75) is 70.4 Å². The Kier molecular flexibility index (Phi) is 7.23. The highest BCUT2D eigenvalue weighted by Gasteiger charge is 2.48. The fourth-order valence-electron chi connectivity index (χ4n) is 5.10. The third kappa shape index (κ3) is 5.41. The van der Waals surface area contributed by atoms with E-state index in [1.807, 2.05) is 31.2 Å². The Bertz CT molecular complexity index is 1080. The minimum Gasteiger partial charge on any atom is -0.350 e. The summed E-state index contributed by atoms with van der Waals surface area (Å²) in [4.78, 5) is 28.8. The summed E-state index contributed by atoms with van der Waals surface area (Å²) in [5.74, 6) is 0.970. The van der Waals surface area contributed by atoms with E-state index in [1.165, 1.54) is 35.9 Å². The standard InChI is InChI=1S/C25H34N4O4S/c1-18(26-19(2)30)21-10-8-20(9-11-21)12-17-34(32,33)29-15-13-25(14-16-29)24(31)27-23(28-25)22-6-4-3-5-7-22/h8-12,17-18,22H,3-7,13-16H2,1-2H3,(H,26,30)(H,27,28,31). The van der Waals surface area contributed by atoms with Gasteiger partial charge in [-0.25, -0.2) is 8.42 Å². The number of amidine groups is 1. The van der Waals surface area contributed by atoms with Crippen LogP contribution in [0.2, 0.25) is 0 Å². The molecular formula is C25H34N4O4S. The van der Waals surface area contributed by atoms with Crippen LogP contribution in [0.1, 0.15) is 76.0 Å². The average molecular weight is 487 g/mol. The van der Waals surface area contributed by atoms with Crippen LogP contribution in [0.15, 0.2) is 34.7 Å². The number of hydrogen-bond acceptors (Lipinski definition) is 5. The van der Waals surface area contributed by atoms with Gasteiger partial charge in [0.1, 0.15) is 11.4 Å². The molecule has 1 saturated heterocycles. The number of carbonyl (C=O) groups is 2. The van der Waals surface area contributed by atoms with Crippen molar-refractivity contribution in [3.8, 4) is 0 Å². The van der Waals surface area contributed by atoms with Crippen molar-refractivity contribution >= 4 is 33.7 Å². The van der Waals surface area contributed by atoms with Crippen molar-refractivity contribution in [3.63, 3.8) is 0 Å². The van der Waals surface area contributed by atoms with Crippen LogP contribution in [-0.2, 0) is 19.6 Å². The zero-order valence-electron chi connectivity index (χ0n) is 19.9. The molecule has 9 heteroatoms. The number of piperidine rings is 1. The van der Waals surface area contributed by atoms with Crippen LogP contribution in [0.4, 0.5) is 0 Å². The van der Waals surface area contributed by atoms with E-state index >= 15 is 0 Å².